The van der Waals surface area contributed by atoms with Crippen LogP contribution in [0, 0.1) is 18.3 Å². The molecule has 2 aliphatic heterocycles. The minimum atomic E-state index is 0.0787. The molecule has 2 aliphatic rings. The van der Waals surface area contributed by atoms with E-state index in [1.54, 1.807) is 0 Å². The molecule has 0 radical (unpaired) electrons. The number of amides is 1. The first-order valence-corrected chi connectivity index (χ1v) is 10.1. The van der Waals surface area contributed by atoms with Crippen molar-refractivity contribution in [1.29, 1.82) is 5.26 Å². The number of imidazole rings is 1. The van der Waals surface area contributed by atoms with E-state index in [-0.39, 0.29) is 11.8 Å². The summed E-state index contributed by atoms with van der Waals surface area (Å²) in [5.41, 5.74) is 5.32. The highest BCUT2D eigenvalue weighted by Gasteiger charge is 2.30. The SMILES string of the molecule is Cc1c(C2CCOC2)c(C#N)c2nc3ccccc3n2c1N1CCNC(=O)CC1. The van der Waals surface area contributed by atoms with E-state index in [0.29, 0.717) is 43.9 Å². The normalized spacial score (nSPS) is 20.1. The average molecular weight is 389 g/mol. The Kier molecular flexibility index (Phi) is 4.36. The molecular weight excluding hydrogens is 366 g/mol. The number of aromatic nitrogens is 2. The molecule has 0 saturated carbocycles. The molecule has 0 spiro atoms. The van der Waals surface area contributed by atoms with Gasteiger partial charge in [-0.15, -0.1) is 0 Å². The van der Waals surface area contributed by atoms with Gasteiger partial charge in [-0.2, -0.15) is 5.26 Å². The summed E-state index contributed by atoms with van der Waals surface area (Å²) < 4.78 is 7.76. The predicted octanol–water partition coefficient (Wildman–Crippen LogP) is 2.50. The third-order valence-electron chi connectivity index (χ3n) is 6.07. The molecule has 29 heavy (non-hydrogen) atoms. The van der Waals surface area contributed by atoms with Crippen LogP contribution in [0.1, 0.15) is 35.4 Å². The van der Waals surface area contributed by atoms with Crippen LogP contribution < -0.4 is 10.2 Å². The first kappa shape index (κ1) is 18.0. The van der Waals surface area contributed by atoms with Gasteiger partial charge in [-0.3, -0.25) is 9.20 Å². The predicted molar refractivity (Wildman–Crippen MR) is 110 cm³/mol. The van der Waals surface area contributed by atoms with Crippen molar-refractivity contribution in [3.63, 3.8) is 0 Å². The summed E-state index contributed by atoms with van der Waals surface area (Å²) in [5, 5.41) is 13.1. The van der Waals surface area contributed by atoms with Crippen molar-refractivity contribution in [2.75, 3.05) is 37.7 Å². The Morgan fingerprint density at radius 3 is 2.97 bits per heavy atom. The fraction of sp³-hybridized carbons (Fsp3) is 0.409. The van der Waals surface area contributed by atoms with Crippen molar-refractivity contribution < 1.29 is 9.53 Å². The number of nitrogens with one attached hydrogen (secondary N) is 1. The molecule has 5 rings (SSSR count). The Hall–Kier alpha value is -3.11. The number of nitriles is 1. The zero-order valence-corrected chi connectivity index (χ0v) is 16.4. The summed E-state index contributed by atoms with van der Waals surface area (Å²) in [6, 6.07) is 10.4. The molecule has 148 valence electrons. The highest BCUT2D eigenvalue weighted by Crippen LogP contribution is 2.39. The lowest BCUT2D eigenvalue weighted by Gasteiger charge is -2.28. The van der Waals surface area contributed by atoms with Crippen molar-refractivity contribution in [2.24, 2.45) is 0 Å². The minimum absolute atomic E-state index is 0.0787. The van der Waals surface area contributed by atoms with Gasteiger partial charge in [0.25, 0.3) is 0 Å². The van der Waals surface area contributed by atoms with Gasteiger partial charge in [-0.05, 0) is 36.6 Å². The molecule has 7 heteroatoms. The van der Waals surface area contributed by atoms with E-state index in [2.05, 4.69) is 27.6 Å². The molecule has 7 nitrogen and oxygen atoms in total. The van der Waals surface area contributed by atoms with Crippen molar-refractivity contribution in [3.05, 3.63) is 41.0 Å². The van der Waals surface area contributed by atoms with Gasteiger partial charge in [-0.25, -0.2) is 4.98 Å². The van der Waals surface area contributed by atoms with E-state index in [1.807, 2.05) is 24.3 Å². The van der Waals surface area contributed by atoms with Crippen LogP contribution in [0.3, 0.4) is 0 Å². The Morgan fingerprint density at radius 1 is 1.31 bits per heavy atom. The maximum atomic E-state index is 11.9. The van der Waals surface area contributed by atoms with Crippen molar-refractivity contribution in [1.82, 2.24) is 14.7 Å². The number of carbonyl (C=O) groups excluding carboxylic acids is 1. The maximum absolute atomic E-state index is 11.9. The quantitative estimate of drug-likeness (QED) is 0.728. The first-order valence-electron chi connectivity index (χ1n) is 10.1. The van der Waals surface area contributed by atoms with Crippen LogP contribution in [0.5, 0.6) is 0 Å². The Balaban J connectivity index is 1.85. The van der Waals surface area contributed by atoms with E-state index in [0.717, 1.165) is 40.9 Å². The van der Waals surface area contributed by atoms with Gasteiger partial charge in [0, 0.05) is 38.6 Å². The highest BCUT2D eigenvalue weighted by molar-refractivity contribution is 5.87. The number of hydrogen-bond donors (Lipinski definition) is 1. The molecule has 1 N–H and O–H groups in total. The molecule has 1 amide bonds. The number of para-hydroxylation sites is 2. The number of pyridine rings is 1. The topological polar surface area (TPSA) is 82.7 Å². The Bertz CT molecular complexity index is 1150. The van der Waals surface area contributed by atoms with Gasteiger partial charge in [0.2, 0.25) is 5.91 Å². The van der Waals surface area contributed by atoms with Crippen molar-refractivity contribution >= 4 is 28.4 Å². The third kappa shape index (κ3) is 2.83. The van der Waals surface area contributed by atoms with Crippen LogP contribution in [0.25, 0.3) is 16.7 Å². The van der Waals surface area contributed by atoms with E-state index < -0.39 is 0 Å². The number of carbonyl (C=O) groups is 1. The molecule has 4 heterocycles. The van der Waals surface area contributed by atoms with E-state index in [9.17, 15) is 10.1 Å². The van der Waals surface area contributed by atoms with Crippen LogP contribution in [0.15, 0.2) is 24.3 Å². The number of ether oxygens (including phenoxy) is 1. The number of rotatable bonds is 2. The average Bonchev–Trinajstić information content (AvgIpc) is 3.33. The van der Waals surface area contributed by atoms with E-state index >= 15 is 0 Å². The Labute approximate surface area is 168 Å². The second kappa shape index (κ2) is 7.05. The second-order valence-electron chi connectivity index (χ2n) is 7.76. The van der Waals surface area contributed by atoms with Gasteiger partial charge in [0.05, 0.1) is 23.2 Å². The fourth-order valence-corrected chi connectivity index (χ4v) is 4.74. The lowest BCUT2D eigenvalue weighted by atomic mass is 9.90. The summed E-state index contributed by atoms with van der Waals surface area (Å²) in [6.45, 7) is 5.41. The molecule has 0 aliphatic carbocycles. The Morgan fingerprint density at radius 2 is 2.17 bits per heavy atom. The lowest BCUT2D eigenvalue weighted by Crippen LogP contribution is -2.31. The highest BCUT2D eigenvalue weighted by atomic mass is 16.5. The smallest absolute Gasteiger partial charge is 0.221 e. The summed E-state index contributed by atoms with van der Waals surface area (Å²) in [4.78, 5) is 19.0. The molecular formula is C22H23N5O2. The van der Waals surface area contributed by atoms with Gasteiger partial charge < -0.3 is 15.0 Å². The van der Waals surface area contributed by atoms with Crippen molar-refractivity contribution in [3.8, 4) is 6.07 Å². The number of hydrogen-bond acceptors (Lipinski definition) is 5. The number of fused-ring (bicyclic) bond motifs is 3. The summed E-state index contributed by atoms with van der Waals surface area (Å²) in [5.74, 6) is 1.31. The monoisotopic (exact) mass is 389 g/mol. The number of nitrogens with zero attached hydrogens (tertiary/aromatic N) is 4. The van der Waals surface area contributed by atoms with Gasteiger partial charge in [0.1, 0.15) is 11.9 Å². The zero-order valence-electron chi connectivity index (χ0n) is 16.4. The van der Waals surface area contributed by atoms with E-state index in [4.69, 9.17) is 9.72 Å². The fourth-order valence-electron chi connectivity index (χ4n) is 4.74. The van der Waals surface area contributed by atoms with Crippen molar-refractivity contribution in [2.45, 2.75) is 25.7 Å². The molecule has 1 unspecified atom stereocenters. The van der Waals surface area contributed by atoms with Crippen LogP contribution in [-0.2, 0) is 9.53 Å². The molecule has 2 saturated heterocycles. The first-order chi connectivity index (χ1) is 14.2. The summed E-state index contributed by atoms with van der Waals surface area (Å²) in [6.07, 6.45) is 1.36. The molecule has 1 atom stereocenters. The lowest BCUT2D eigenvalue weighted by molar-refractivity contribution is -0.120. The second-order valence-corrected chi connectivity index (χ2v) is 7.76. The van der Waals surface area contributed by atoms with Gasteiger partial charge in [0.15, 0.2) is 5.65 Å². The zero-order chi connectivity index (χ0) is 20.0. The van der Waals surface area contributed by atoms with Crippen LogP contribution in [0.2, 0.25) is 0 Å². The third-order valence-corrected chi connectivity index (χ3v) is 6.07. The van der Waals surface area contributed by atoms with Gasteiger partial charge >= 0.3 is 0 Å². The van der Waals surface area contributed by atoms with Gasteiger partial charge in [-0.1, -0.05) is 12.1 Å². The standard InChI is InChI=1S/C22H23N5O2/c1-14-20(15-7-11-29-13-15)16(12-23)21-25-17-4-2-3-5-18(17)27(21)22(14)26-9-6-19(28)24-8-10-26/h2-5,15H,6-11,13H2,1H3,(H,24,28). The summed E-state index contributed by atoms with van der Waals surface area (Å²) >= 11 is 0. The number of benzene rings is 1. The molecule has 1 aromatic carbocycles. The minimum Gasteiger partial charge on any atom is -0.381 e. The summed E-state index contributed by atoms with van der Waals surface area (Å²) in [7, 11) is 0. The molecule has 3 aromatic rings. The largest absolute Gasteiger partial charge is 0.381 e. The van der Waals surface area contributed by atoms with Crippen LogP contribution >= 0.6 is 0 Å². The molecule has 2 fully saturated rings. The molecule has 2 aromatic heterocycles. The maximum Gasteiger partial charge on any atom is 0.221 e. The van der Waals surface area contributed by atoms with Crippen LogP contribution in [-0.4, -0.2) is 48.1 Å². The molecule has 0 bridgehead atoms. The van der Waals surface area contributed by atoms with E-state index in [1.165, 1.54) is 0 Å². The van der Waals surface area contributed by atoms with Crippen LogP contribution in [0.4, 0.5) is 5.82 Å². The number of anilines is 1.